The number of hydrogen-bond donors (Lipinski definition) is 3. The third-order valence-corrected chi connectivity index (χ3v) is 1.78. The van der Waals surface area contributed by atoms with E-state index in [1.807, 2.05) is 0 Å². The lowest BCUT2D eigenvalue weighted by atomic mass is 9.89. The van der Waals surface area contributed by atoms with E-state index < -0.39 is 18.3 Å². The van der Waals surface area contributed by atoms with Crippen molar-refractivity contribution in [3.63, 3.8) is 0 Å². The Morgan fingerprint density at radius 2 is 1.50 bits per heavy atom. The first-order chi connectivity index (χ1) is 4.61. The van der Waals surface area contributed by atoms with E-state index in [2.05, 4.69) is 6.58 Å². The Morgan fingerprint density at radius 1 is 1.10 bits per heavy atom. The van der Waals surface area contributed by atoms with Gasteiger partial charge < -0.3 is 15.3 Å². The number of rotatable bonds is 0. The van der Waals surface area contributed by atoms with Crippen LogP contribution in [0.2, 0.25) is 0 Å². The van der Waals surface area contributed by atoms with Crippen molar-refractivity contribution in [3.05, 3.63) is 12.2 Å². The first-order valence-corrected chi connectivity index (χ1v) is 3.32. The molecule has 2 unspecified atom stereocenters. The van der Waals surface area contributed by atoms with Gasteiger partial charge in [0.05, 0.1) is 12.2 Å². The molecule has 0 heterocycles. The summed E-state index contributed by atoms with van der Waals surface area (Å²) < 4.78 is 0. The molecule has 0 aromatic carbocycles. The summed E-state index contributed by atoms with van der Waals surface area (Å²) in [5.74, 6) is 0. The van der Waals surface area contributed by atoms with E-state index in [-0.39, 0.29) is 0 Å². The van der Waals surface area contributed by atoms with Gasteiger partial charge in [0.2, 0.25) is 0 Å². The Hall–Kier alpha value is -0.380. The summed E-state index contributed by atoms with van der Waals surface area (Å²) in [6.07, 6.45) is -1.87. The lowest BCUT2D eigenvalue weighted by molar-refractivity contribution is -0.0712. The van der Waals surface area contributed by atoms with Gasteiger partial charge in [-0.25, -0.2) is 0 Å². The average Bonchev–Trinajstić information content (AvgIpc) is 1.82. The second-order valence-electron chi connectivity index (χ2n) is 2.78. The monoisotopic (exact) mass is 144 g/mol. The second kappa shape index (κ2) is 2.70. The van der Waals surface area contributed by atoms with Crippen molar-refractivity contribution in [1.82, 2.24) is 0 Å². The minimum atomic E-state index is -0.995. The molecule has 3 nitrogen and oxygen atoms in total. The van der Waals surface area contributed by atoms with Crippen molar-refractivity contribution in [3.8, 4) is 0 Å². The zero-order chi connectivity index (χ0) is 7.72. The molecule has 0 radical (unpaired) electrons. The van der Waals surface area contributed by atoms with Crippen LogP contribution in [0.15, 0.2) is 12.2 Å². The molecule has 0 saturated heterocycles. The predicted molar refractivity (Wildman–Crippen MR) is 36.4 cm³/mol. The van der Waals surface area contributed by atoms with E-state index in [4.69, 9.17) is 15.3 Å². The smallest absolute Gasteiger partial charge is 0.106 e. The van der Waals surface area contributed by atoms with Gasteiger partial charge in [-0.05, 0) is 12.8 Å². The molecule has 1 aliphatic rings. The third kappa shape index (κ3) is 1.37. The van der Waals surface area contributed by atoms with Crippen LogP contribution in [0.5, 0.6) is 0 Å². The summed E-state index contributed by atoms with van der Waals surface area (Å²) in [5, 5.41) is 27.1. The highest BCUT2D eigenvalue weighted by Gasteiger charge is 2.30. The molecule has 3 N–H and O–H groups in total. The summed E-state index contributed by atoms with van der Waals surface area (Å²) in [7, 11) is 0. The molecule has 0 aliphatic heterocycles. The largest absolute Gasteiger partial charge is 0.390 e. The highest BCUT2D eigenvalue weighted by molar-refractivity contribution is 5.05. The Bertz CT molecular complexity index is 130. The van der Waals surface area contributed by atoms with Gasteiger partial charge in [-0.3, -0.25) is 0 Å². The van der Waals surface area contributed by atoms with Gasteiger partial charge >= 0.3 is 0 Å². The lowest BCUT2D eigenvalue weighted by Crippen LogP contribution is -2.41. The van der Waals surface area contributed by atoms with Crippen molar-refractivity contribution < 1.29 is 15.3 Å². The number of aliphatic hydroxyl groups excluding tert-OH is 3. The fraction of sp³-hybridized carbons (Fsp3) is 0.714. The Kier molecular flexibility index (Phi) is 2.08. The van der Waals surface area contributed by atoms with Gasteiger partial charge in [0.15, 0.2) is 0 Å². The zero-order valence-corrected chi connectivity index (χ0v) is 5.70. The Morgan fingerprint density at radius 3 is 1.90 bits per heavy atom. The van der Waals surface area contributed by atoms with Crippen molar-refractivity contribution >= 4 is 0 Å². The molecule has 1 aliphatic carbocycles. The summed E-state index contributed by atoms with van der Waals surface area (Å²) >= 11 is 0. The van der Waals surface area contributed by atoms with Crippen LogP contribution in [0.1, 0.15) is 12.8 Å². The Balaban J connectivity index is 2.57. The molecule has 0 aromatic heterocycles. The first-order valence-electron chi connectivity index (χ1n) is 3.32. The maximum Gasteiger partial charge on any atom is 0.106 e. The van der Waals surface area contributed by atoms with Crippen LogP contribution in [0.4, 0.5) is 0 Å². The quantitative estimate of drug-likeness (QED) is 0.398. The highest BCUT2D eigenvalue weighted by Crippen LogP contribution is 2.22. The maximum atomic E-state index is 9.05. The molecule has 58 valence electrons. The van der Waals surface area contributed by atoms with Gasteiger partial charge in [-0.2, -0.15) is 0 Å². The fourth-order valence-corrected chi connectivity index (χ4v) is 1.17. The van der Waals surface area contributed by atoms with Gasteiger partial charge in [0.1, 0.15) is 6.10 Å². The van der Waals surface area contributed by atoms with E-state index in [1.165, 1.54) is 0 Å². The minimum absolute atomic E-state index is 0.401. The standard InChI is InChI=1S/C7H12O3/c1-4-2-5(8)7(10)6(9)3-4/h5-10H,1-3H2. The fourth-order valence-electron chi connectivity index (χ4n) is 1.17. The summed E-state index contributed by atoms with van der Waals surface area (Å²) in [6, 6.07) is 0. The number of hydrogen-bond acceptors (Lipinski definition) is 3. The predicted octanol–water partition coefficient (Wildman–Crippen LogP) is -0.581. The van der Waals surface area contributed by atoms with Crippen molar-refractivity contribution in [2.75, 3.05) is 0 Å². The van der Waals surface area contributed by atoms with Crippen LogP contribution in [0.25, 0.3) is 0 Å². The SMILES string of the molecule is C=C1CC(O)C(O)C(O)C1. The molecule has 1 fully saturated rings. The molecule has 1 rings (SSSR count). The summed E-state index contributed by atoms with van der Waals surface area (Å²) in [5.41, 5.74) is 0.797. The molecular formula is C7H12O3. The molecule has 10 heavy (non-hydrogen) atoms. The van der Waals surface area contributed by atoms with E-state index in [0.717, 1.165) is 5.57 Å². The van der Waals surface area contributed by atoms with E-state index >= 15 is 0 Å². The van der Waals surface area contributed by atoms with Gasteiger partial charge in [-0.1, -0.05) is 12.2 Å². The van der Waals surface area contributed by atoms with Crippen LogP contribution >= 0.6 is 0 Å². The molecule has 0 spiro atoms. The lowest BCUT2D eigenvalue weighted by Gasteiger charge is -2.29. The molecule has 0 bridgehead atoms. The molecule has 0 aromatic rings. The molecule has 3 heteroatoms. The van der Waals surface area contributed by atoms with Gasteiger partial charge in [-0.15, -0.1) is 0 Å². The molecular weight excluding hydrogens is 132 g/mol. The van der Waals surface area contributed by atoms with E-state index in [9.17, 15) is 0 Å². The van der Waals surface area contributed by atoms with Crippen LogP contribution in [0.3, 0.4) is 0 Å². The maximum absolute atomic E-state index is 9.05. The van der Waals surface area contributed by atoms with Crippen molar-refractivity contribution in [2.45, 2.75) is 31.2 Å². The van der Waals surface area contributed by atoms with Crippen molar-refractivity contribution in [1.29, 1.82) is 0 Å². The average molecular weight is 144 g/mol. The molecule has 0 amide bonds. The van der Waals surface area contributed by atoms with Crippen LogP contribution < -0.4 is 0 Å². The molecule has 2 atom stereocenters. The zero-order valence-electron chi connectivity index (χ0n) is 5.70. The second-order valence-corrected chi connectivity index (χ2v) is 2.78. The van der Waals surface area contributed by atoms with Crippen LogP contribution in [-0.4, -0.2) is 33.6 Å². The third-order valence-electron chi connectivity index (χ3n) is 1.78. The topological polar surface area (TPSA) is 60.7 Å². The molecule has 1 saturated carbocycles. The minimum Gasteiger partial charge on any atom is -0.390 e. The normalized spacial score (nSPS) is 41.9. The van der Waals surface area contributed by atoms with E-state index in [0.29, 0.717) is 12.8 Å². The van der Waals surface area contributed by atoms with Crippen LogP contribution in [-0.2, 0) is 0 Å². The van der Waals surface area contributed by atoms with E-state index in [1.54, 1.807) is 0 Å². The Labute approximate surface area is 59.6 Å². The van der Waals surface area contributed by atoms with Gasteiger partial charge in [0.25, 0.3) is 0 Å². The van der Waals surface area contributed by atoms with Gasteiger partial charge in [0, 0.05) is 0 Å². The number of aliphatic hydroxyl groups is 3. The van der Waals surface area contributed by atoms with Crippen molar-refractivity contribution in [2.24, 2.45) is 0 Å². The first kappa shape index (κ1) is 7.72. The summed E-state index contributed by atoms with van der Waals surface area (Å²) in [4.78, 5) is 0. The summed E-state index contributed by atoms with van der Waals surface area (Å²) in [6.45, 7) is 3.62. The van der Waals surface area contributed by atoms with Crippen LogP contribution in [0, 0.1) is 0 Å². The highest BCUT2D eigenvalue weighted by atomic mass is 16.4.